The molecule has 0 atom stereocenters. The molecule has 1 heterocycles. The van der Waals surface area contributed by atoms with Gasteiger partial charge in [0.05, 0.1) is 23.3 Å². The molecule has 0 aliphatic carbocycles. The van der Waals surface area contributed by atoms with Gasteiger partial charge in [-0.15, -0.1) is 0 Å². The van der Waals surface area contributed by atoms with Crippen LogP contribution < -0.4 is 4.90 Å². The molecule has 0 fully saturated rings. The highest BCUT2D eigenvalue weighted by atomic mass is 16.3. The number of aliphatic imine (C=N–C) groups is 1. The maximum absolute atomic E-state index is 8.18. The Morgan fingerprint density at radius 2 is 1.43 bits per heavy atom. The first kappa shape index (κ1) is 28.1. The number of nitrogens with zero attached hydrogens (tertiary/aromatic N) is 3. The third-order valence-corrected chi connectivity index (χ3v) is 7.26. The number of fused-ring (bicyclic) bond motifs is 2. The summed E-state index contributed by atoms with van der Waals surface area (Å²) in [6.45, 7) is 11.9. The summed E-state index contributed by atoms with van der Waals surface area (Å²) in [6.07, 6.45) is 6.52. The molecule has 44 heavy (non-hydrogen) atoms. The molecule has 0 saturated heterocycles. The van der Waals surface area contributed by atoms with Gasteiger partial charge < -0.3 is 9.32 Å². The molecule has 0 unspecified atom stereocenters. The number of hydrogen-bond acceptors (Lipinski definition) is 5. The van der Waals surface area contributed by atoms with Crippen molar-refractivity contribution in [2.45, 2.75) is 0 Å². The lowest BCUT2D eigenvalue weighted by atomic mass is 9.98. The number of para-hydroxylation sites is 2. The summed E-state index contributed by atoms with van der Waals surface area (Å²) >= 11 is 0. The van der Waals surface area contributed by atoms with Gasteiger partial charge in [-0.25, -0.2) is 4.98 Å². The van der Waals surface area contributed by atoms with Crippen LogP contribution in [0.2, 0.25) is 0 Å². The molecular weight excluding hydrogens is 540 g/mol. The molecule has 0 spiro atoms. The Labute approximate surface area is 256 Å². The molecule has 0 aliphatic heterocycles. The highest BCUT2D eigenvalue weighted by Crippen LogP contribution is 2.35. The molecule has 0 amide bonds. The Morgan fingerprint density at radius 1 is 0.773 bits per heavy atom. The minimum absolute atomic E-state index is 0.197. The molecule has 0 aliphatic rings. The molecule has 0 saturated carbocycles. The summed E-state index contributed by atoms with van der Waals surface area (Å²) in [7, 11) is 0. The summed E-state index contributed by atoms with van der Waals surface area (Å²) in [5.74, 6) is 0.562. The molecule has 6 rings (SSSR count). The number of anilines is 2. The number of hydrogen-bond donors (Lipinski definition) is 1. The summed E-state index contributed by atoms with van der Waals surface area (Å²) < 4.78 is 5.98. The molecule has 0 bridgehead atoms. The van der Waals surface area contributed by atoms with E-state index in [4.69, 9.17) is 9.83 Å². The Balaban J connectivity index is 1.35. The molecule has 1 N–H and O–H groups in total. The van der Waals surface area contributed by atoms with Crippen molar-refractivity contribution in [1.29, 1.82) is 5.41 Å². The van der Waals surface area contributed by atoms with E-state index >= 15 is 0 Å². The number of allylic oxidation sites excluding steroid dienone is 4. The quantitative estimate of drug-likeness (QED) is 0.132. The van der Waals surface area contributed by atoms with E-state index in [1.165, 1.54) is 16.3 Å². The second-order valence-corrected chi connectivity index (χ2v) is 10.1. The minimum atomic E-state index is 0.197. The molecule has 0 radical (unpaired) electrons. The summed E-state index contributed by atoms with van der Waals surface area (Å²) in [5.41, 5.74) is 7.64. The molecule has 6 aromatic rings. The van der Waals surface area contributed by atoms with E-state index in [1.54, 1.807) is 24.4 Å². The van der Waals surface area contributed by atoms with Crippen molar-refractivity contribution in [2.24, 2.45) is 4.99 Å². The van der Waals surface area contributed by atoms with E-state index in [0.717, 1.165) is 33.6 Å². The number of oxazole rings is 1. The van der Waals surface area contributed by atoms with Crippen molar-refractivity contribution < 1.29 is 4.42 Å². The van der Waals surface area contributed by atoms with Gasteiger partial charge in [0.2, 0.25) is 5.89 Å². The van der Waals surface area contributed by atoms with E-state index in [9.17, 15) is 0 Å². The zero-order valence-corrected chi connectivity index (χ0v) is 24.2. The lowest BCUT2D eigenvalue weighted by molar-refractivity contribution is 0.620. The first-order chi connectivity index (χ1) is 21.5. The van der Waals surface area contributed by atoms with Crippen LogP contribution in [0.5, 0.6) is 0 Å². The van der Waals surface area contributed by atoms with Crippen LogP contribution in [-0.2, 0) is 0 Å². The summed E-state index contributed by atoms with van der Waals surface area (Å²) in [6, 6.07) is 38.9. The number of nitrogens with one attached hydrogen (secondary N) is 1. The van der Waals surface area contributed by atoms with Gasteiger partial charge in [0, 0.05) is 16.9 Å². The summed E-state index contributed by atoms with van der Waals surface area (Å²) in [5, 5.41) is 10.6. The zero-order chi connectivity index (χ0) is 30.5. The zero-order valence-electron chi connectivity index (χ0n) is 24.2. The second-order valence-electron chi connectivity index (χ2n) is 10.1. The van der Waals surface area contributed by atoms with E-state index in [0.29, 0.717) is 17.3 Å². The third kappa shape index (κ3) is 5.80. The van der Waals surface area contributed by atoms with Gasteiger partial charge in [-0.1, -0.05) is 98.6 Å². The van der Waals surface area contributed by atoms with Crippen LogP contribution in [0.4, 0.5) is 11.4 Å². The van der Waals surface area contributed by atoms with E-state index in [-0.39, 0.29) is 5.71 Å². The maximum atomic E-state index is 8.18. The fourth-order valence-electron chi connectivity index (χ4n) is 5.04. The Kier molecular flexibility index (Phi) is 7.93. The van der Waals surface area contributed by atoms with Gasteiger partial charge >= 0.3 is 0 Å². The normalized spacial score (nSPS) is 11.4. The van der Waals surface area contributed by atoms with E-state index < -0.39 is 0 Å². The lowest BCUT2D eigenvalue weighted by Gasteiger charge is -2.25. The fraction of sp³-hybridized carbons (Fsp3) is 0. The van der Waals surface area contributed by atoms with E-state index in [2.05, 4.69) is 96.4 Å². The van der Waals surface area contributed by atoms with E-state index in [1.807, 2.05) is 53.4 Å². The average Bonchev–Trinajstić information content (AvgIpc) is 3.51. The predicted octanol–water partition coefficient (Wildman–Crippen LogP) is 10.3. The standard InChI is InChI=1S/C39H30N4O/c1-4-5-15-36(40)28(3)41-26-27(2)43(33-24-20-31(21-25-33)39-42-37-16-8-9-17-38(37)44-39)32-22-18-30(19-23-32)35-14-10-12-29-11-6-7-13-34(29)35/h4-26,40H,1-3H2/b15-5-,40-36?,41-26?. The van der Waals surface area contributed by atoms with Crippen LogP contribution in [0, 0.1) is 5.41 Å². The van der Waals surface area contributed by atoms with Crippen LogP contribution in [0.3, 0.4) is 0 Å². The van der Waals surface area contributed by atoms with Crippen molar-refractivity contribution in [3.05, 3.63) is 165 Å². The van der Waals surface area contributed by atoms with Gasteiger partial charge in [-0.05, 0) is 76.5 Å². The Morgan fingerprint density at radius 3 is 2.16 bits per heavy atom. The molecule has 5 nitrogen and oxygen atoms in total. The molecule has 212 valence electrons. The Hall–Kier alpha value is -6.07. The highest BCUT2D eigenvalue weighted by Gasteiger charge is 2.15. The second kappa shape index (κ2) is 12.4. The van der Waals surface area contributed by atoms with Crippen LogP contribution in [0.25, 0.3) is 44.5 Å². The lowest BCUT2D eigenvalue weighted by Crippen LogP contribution is -2.16. The van der Waals surface area contributed by atoms with Crippen molar-refractivity contribution in [3.63, 3.8) is 0 Å². The molecular formula is C39H30N4O. The molecule has 5 heteroatoms. The van der Waals surface area contributed by atoms with Crippen LogP contribution >= 0.6 is 0 Å². The summed E-state index contributed by atoms with van der Waals surface area (Å²) in [4.78, 5) is 11.1. The fourth-order valence-corrected chi connectivity index (χ4v) is 5.04. The van der Waals surface area contributed by atoms with Gasteiger partial charge in [0.1, 0.15) is 5.52 Å². The van der Waals surface area contributed by atoms with Crippen LogP contribution in [-0.4, -0.2) is 16.9 Å². The number of rotatable bonds is 10. The first-order valence-corrected chi connectivity index (χ1v) is 14.2. The van der Waals surface area contributed by atoms with Crippen LogP contribution in [0.15, 0.2) is 174 Å². The monoisotopic (exact) mass is 570 g/mol. The molecule has 5 aromatic carbocycles. The average molecular weight is 571 g/mol. The topological polar surface area (TPSA) is 65.5 Å². The largest absolute Gasteiger partial charge is 0.436 e. The first-order valence-electron chi connectivity index (χ1n) is 14.2. The number of benzene rings is 5. The van der Waals surface area contributed by atoms with Gasteiger partial charge in [-0.3, -0.25) is 10.4 Å². The Bertz CT molecular complexity index is 2040. The van der Waals surface area contributed by atoms with Crippen molar-refractivity contribution in [3.8, 4) is 22.6 Å². The van der Waals surface area contributed by atoms with Crippen LogP contribution in [0.1, 0.15) is 0 Å². The smallest absolute Gasteiger partial charge is 0.227 e. The highest BCUT2D eigenvalue weighted by molar-refractivity contribution is 6.07. The van der Waals surface area contributed by atoms with Gasteiger partial charge in [-0.2, -0.15) is 0 Å². The van der Waals surface area contributed by atoms with Crippen molar-refractivity contribution in [1.82, 2.24) is 4.98 Å². The van der Waals surface area contributed by atoms with Gasteiger partial charge in [0.25, 0.3) is 0 Å². The predicted molar refractivity (Wildman–Crippen MR) is 185 cm³/mol. The van der Waals surface area contributed by atoms with Gasteiger partial charge in [0.15, 0.2) is 5.58 Å². The maximum Gasteiger partial charge on any atom is 0.227 e. The van der Waals surface area contributed by atoms with Crippen molar-refractivity contribution >= 4 is 45.2 Å². The molecule has 1 aromatic heterocycles. The number of aromatic nitrogens is 1. The minimum Gasteiger partial charge on any atom is -0.436 e. The third-order valence-electron chi connectivity index (χ3n) is 7.26. The van der Waals surface area contributed by atoms with Crippen molar-refractivity contribution in [2.75, 3.05) is 4.90 Å². The SMILES string of the molecule is C=C/C=C\C(=N)C(=C)N=CC(=C)N(c1ccc(-c2nc3ccccc3o2)cc1)c1ccc(-c2cccc3ccccc23)cc1.